The first-order valence-corrected chi connectivity index (χ1v) is 11.4. The number of thiocarbonyl (C=S) groups is 1. The van der Waals surface area contributed by atoms with Crippen LogP contribution in [-0.2, 0) is 19.8 Å². The summed E-state index contributed by atoms with van der Waals surface area (Å²) in [5, 5.41) is 15.0. The number of nitrogens with one attached hydrogen (secondary N) is 2. The average molecular weight is 487 g/mol. The third-order valence-electron chi connectivity index (χ3n) is 5.76. The van der Waals surface area contributed by atoms with Crippen LogP contribution >= 0.6 is 12.2 Å². The van der Waals surface area contributed by atoms with Gasteiger partial charge in [-0.05, 0) is 49.2 Å². The van der Waals surface area contributed by atoms with Gasteiger partial charge in [-0.3, -0.25) is 15.0 Å². The molecule has 1 saturated heterocycles. The van der Waals surface area contributed by atoms with Crippen molar-refractivity contribution in [2.24, 2.45) is 5.10 Å². The van der Waals surface area contributed by atoms with Crippen LogP contribution in [0.15, 0.2) is 40.6 Å². The monoisotopic (exact) mass is 486 g/mol. The van der Waals surface area contributed by atoms with Gasteiger partial charge in [0.2, 0.25) is 0 Å². The molecule has 182 valence electrons. The number of nitrogens with zero attached hydrogens (tertiary/aromatic N) is 4. The number of anilines is 1. The predicted molar refractivity (Wildman–Crippen MR) is 133 cm³/mol. The van der Waals surface area contributed by atoms with Crippen LogP contribution in [0.1, 0.15) is 40.2 Å². The first-order chi connectivity index (χ1) is 15.9. The largest absolute Gasteiger partial charge is 0.474 e. The van der Waals surface area contributed by atoms with Gasteiger partial charge in [0.15, 0.2) is 5.11 Å². The van der Waals surface area contributed by atoms with Crippen LogP contribution in [0.4, 0.5) is 5.69 Å². The molecule has 1 fully saturated rings. The normalized spacial score (nSPS) is 18.0. The molecular formula is C23H30N6O4S. The molecule has 0 unspecified atom stereocenters. The number of amides is 2. The maximum absolute atomic E-state index is 13.1. The van der Waals surface area contributed by atoms with Crippen LogP contribution in [0.3, 0.4) is 0 Å². The summed E-state index contributed by atoms with van der Waals surface area (Å²) in [6.45, 7) is 11.3. The van der Waals surface area contributed by atoms with Crippen molar-refractivity contribution in [1.29, 1.82) is 0 Å². The molecule has 10 nitrogen and oxygen atoms in total. The minimum atomic E-state index is -1.46. The van der Waals surface area contributed by atoms with Crippen LogP contribution in [0.2, 0.25) is 0 Å². The van der Waals surface area contributed by atoms with E-state index in [0.717, 1.165) is 0 Å². The first kappa shape index (κ1) is 25.2. The lowest BCUT2D eigenvalue weighted by Gasteiger charge is -2.35. The molecule has 0 atom stereocenters. The van der Waals surface area contributed by atoms with Crippen molar-refractivity contribution in [3.05, 3.63) is 41.1 Å². The minimum absolute atomic E-state index is 0.0147. The first-order valence-electron chi connectivity index (χ1n) is 10.9. The number of allylic oxidation sites excluding steroid dienone is 1. The molecule has 0 saturated carbocycles. The molecule has 2 aliphatic rings. The third kappa shape index (κ3) is 5.36. The zero-order valence-corrected chi connectivity index (χ0v) is 20.8. The fourth-order valence-electron chi connectivity index (χ4n) is 3.75. The Kier molecular flexibility index (Phi) is 7.25. The highest BCUT2D eigenvalue weighted by atomic mass is 32.1. The van der Waals surface area contributed by atoms with Crippen LogP contribution in [-0.4, -0.2) is 69.7 Å². The summed E-state index contributed by atoms with van der Waals surface area (Å²) >= 11 is 5.41. The maximum Gasteiger partial charge on any atom is 0.394 e. The number of benzene rings is 1. The second-order valence-electron chi connectivity index (χ2n) is 9.24. The van der Waals surface area contributed by atoms with E-state index in [2.05, 4.69) is 36.7 Å². The predicted octanol–water partition coefficient (Wildman–Crippen LogP) is 1.59. The fraction of sp³-hybridized carbons (Fsp3) is 0.435. The van der Waals surface area contributed by atoms with Crippen molar-refractivity contribution in [3.8, 4) is 0 Å². The number of rotatable bonds is 3. The Morgan fingerprint density at radius 2 is 1.59 bits per heavy atom. The van der Waals surface area contributed by atoms with Gasteiger partial charge >= 0.3 is 11.9 Å². The molecule has 0 radical (unpaired) electrons. The summed E-state index contributed by atoms with van der Waals surface area (Å²) in [5.74, 6) is -2.61. The van der Waals surface area contributed by atoms with Gasteiger partial charge in [-0.2, -0.15) is 10.1 Å². The Morgan fingerprint density at radius 1 is 1.03 bits per heavy atom. The van der Waals surface area contributed by atoms with Crippen molar-refractivity contribution in [3.63, 3.8) is 0 Å². The fourth-order valence-corrected chi connectivity index (χ4v) is 3.99. The van der Waals surface area contributed by atoms with Crippen molar-refractivity contribution in [1.82, 2.24) is 20.7 Å². The summed E-state index contributed by atoms with van der Waals surface area (Å²) in [4.78, 5) is 38.6. The van der Waals surface area contributed by atoms with E-state index in [-0.39, 0.29) is 24.4 Å². The summed E-state index contributed by atoms with van der Waals surface area (Å²) < 4.78 is 0. The molecule has 1 aromatic rings. The van der Waals surface area contributed by atoms with Gasteiger partial charge in [0.05, 0.1) is 17.0 Å². The summed E-state index contributed by atoms with van der Waals surface area (Å²) in [6.07, 6.45) is 0. The van der Waals surface area contributed by atoms with Gasteiger partial charge in [0.1, 0.15) is 0 Å². The average Bonchev–Trinajstić information content (AvgIpc) is 3.10. The van der Waals surface area contributed by atoms with Crippen molar-refractivity contribution in [2.75, 3.05) is 31.2 Å². The molecule has 3 N–H and O–H groups in total. The van der Waals surface area contributed by atoms with Crippen LogP contribution < -0.4 is 15.9 Å². The Bertz CT molecular complexity index is 1070. The number of hydrogen-bond acceptors (Lipinski definition) is 6. The lowest BCUT2D eigenvalue weighted by atomic mass is 9.87. The second kappa shape index (κ2) is 9.80. The Morgan fingerprint density at radius 3 is 2.12 bits per heavy atom. The lowest BCUT2D eigenvalue weighted by molar-refractivity contribution is -0.156. The van der Waals surface area contributed by atoms with Gasteiger partial charge in [0, 0.05) is 31.9 Å². The molecule has 0 aromatic heterocycles. The van der Waals surface area contributed by atoms with Crippen molar-refractivity contribution < 1.29 is 19.5 Å². The molecule has 3 rings (SSSR count). The number of aliphatic carboxylic acids is 1. The highest BCUT2D eigenvalue weighted by Crippen LogP contribution is 2.28. The third-order valence-corrected chi connectivity index (χ3v) is 6.13. The Labute approximate surface area is 204 Å². The van der Waals surface area contributed by atoms with E-state index in [1.807, 2.05) is 29.2 Å². The van der Waals surface area contributed by atoms with E-state index in [1.165, 1.54) is 15.5 Å². The van der Waals surface area contributed by atoms with Crippen molar-refractivity contribution >= 4 is 46.5 Å². The molecule has 34 heavy (non-hydrogen) atoms. The van der Waals surface area contributed by atoms with E-state index in [1.54, 1.807) is 13.8 Å². The topological polar surface area (TPSA) is 118 Å². The van der Waals surface area contributed by atoms with Gasteiger partial charge < -0.3 is 20.3 Å². The lowest BCUT2D eigenvalue weighted by Crippen LogP contribution is -2.56. The standard InChI is InChI=1S/C23H30N6O4S/c1-14(24-25-22(34)28-12-10-27(11-13-28)20(31)21(32)33)18-15(2)26-29(19(18)30)17-8-6-16(7-9-17)23(3,4)5/h6-9,24H,10-13H2,1-5H3,(H,25,34)(H,32,33). The number of hydrazone groups is 1. The molecule has 0 aliphatic carbocycles. The van der Waals surface area contributed by atoms with E-state index in [0.29, 0.717) is 40.9 Å². The summed E-state index contributed by atoms with van der Waals surface area (Å²) in [6, 6.07) is 7.79. The van der Waals surface area contributed by atoms with Gasteiger partial charge in [-0.15, -0.1) is 0 Å². The number of hydrogen-bond donors (Lipinski definition) is 3. The Balaban J connectivity index is 1.61. The molecule has 2 amide bonds. The highest BCUT2D eigenvalue weighted by molar-refractivity contribution is 7.80. The summed E-state index contributed by atoms with van der Waals surface area (Å²) in [7, 11) is 0. The van der Waals surface area contributed by atoms with Crippen LogP contribution in [0.5, 0.6) is 0 Å². The van der Waals surface area contributed by atoms with E-state index in [4.69, 9.17) is 17.3 Å². The number of carbonyl (C=O) groups is 3. The van der Waals surface area contributed by atoms with E-state index in [9.17, 15) is 14.4 Å². The number of piperazine rings is 1. The zero-order chi connectivity index (χ0) is 25.2. The van der Waals surface area contributed by atoms with E-state index >= 15 is 0 Å². The molecule has 0 bridgehead atoms. The summed E-state index contributed by atoms with van der Waals surface area (Å²) in [5.41, 5.74) is 9.38. The molecule has 2 heterocycles. The second-order valence-corrected chi connectivity index (χ2v) is 9.63. The molecular weight excluding hydrogens is 456 g/mol. The van der Waals surface area contributed by atoms with Gasteiger partial charge in [-0.1, -0.05) is 32.9 Å². The minimum Gasteiger partial charge on any atom is -0.474 e. The number of hydrazine groups is 1. The maximum atomic E-state index is 13.1. The Hall–Kier alpha value is -3.47. The number of carboxylic acids is 1. The molecule has 0 spiro atoms. The number of carbonyl (C=O) groups excluding carboxylic acids is 2. The van der Waals surface area contributed by atoms with E-state index < -0.39 is 11.9 Å². The smallest absolute Gasteiger partial charge is 0.394 e. The number of carboxylic acid groups (broad SMARTS) is 1. The van der Waals surface area contributed by atoms with Crippen LogP contribution in [0.25, 0.3) is 0 Å². The van der Waals surface area contributed by atoms with Gasteiger partial charge in [0.25, 0.3) is 5.91 Å². The quantitative estimate of drug-likeness (QED) is 0.255. The molecule has 11 heteroatoms. The molecule has 1 aromatic carbocycles. The SMILES string of the molecule is CC1=NN(c2ccc(C(C)(C)C)cc2)C(=O)C1=C(C)NNC(=S)N1CCN(C(=O)C(=O)O)CC1. The van der Waals surface area contributed by atoms with Crippen molar-refractivity contribution in [2.45, 2.75) is 40.0 Å². The van der Waals surface area contributed by atoms with Gasteiger partial charge in [-0.25, -0.2) is 4.79 Å². The van der Waals surface area contributed by atoms with Crippen LogP contribution in [0, 0.1) is 0 Å². The highest BCUT2D eigenvalue weighted by Gasteiger charge is 2.31. The molecule has 2 aliphatic heterocycles. The zero-order valence-electron chi connectivity index (χ0n) is 20.0.